The average molecular weight is 247 g/mol. The summed E-state index contributed by atoms with van der Waals surface area (Å²) < 4.78 is 5.13. The van der Waals surface area contributed by atoms with E-state index < -0.39 is 0 Å². The first kappa shape index (κ1) is 14.4. The van der Waals surface area contributed by atoms with Crippen molar-refractivity contribution >= 4 is 17.4 Å². The van der Waals surface area contributed by atoms with E-state index in [1.807, 2.05) is 37.3 Å². The zero-order valence-electron chi connectivity index (χ0n) is 11.2. The van der Waals surface area contributed by atoms with E-state index in [1.165, 1.54) is 0 Å². The largest absolute Gasteiger partial charge is 0.465 e. The molecule has 0 N–H and O–H groups in total. The summed E-state index contributed by atoms with van der Waals surface area (Å²) in [5.74, 6) is -0.191. The Hall–Kier alpha value is -1.64. The minimum atomic E-state index is -0.191. The van der Waals surface area contributed by atoms with Crippen LogP contribution in [0.3, 0.4) is 0 Å². The van der Waals surface area contributed by atoms with Gasteiger partial charge in [-0.3, -0.25) is 9.79 Å². The van der Waals surface area contributed by atoms with Crippen LogP contribution in [0.5, 0.6) is 0 Å². The lowest BCUT2D eigenvalue weighted by Gasteiger charge is -2.04. The number of nitrogens with zero attached hydrogens (tertiary/aromatic N) is 1. The highest BCUT2D eigenvalue weighted by Crippen LogP contribution is 2.11. The van der Waals surface area contributed by atoms with Gasteiger partial charge in [0.15, 0.2) is 0 Å². The van der Waals surface area contributed by atoms with Crippen molar-refractivity contribution < 1.29 is 9.53 Å². The molecular formula is C15H21NO2. The number of ether oxygens (including phenoxy) is 1. The fraction of sp³-hybridized carbons (Fsp3) is 0.467. The number of carbonyl (C=O) groups is 1. The second kappa shape index (κ2) is 8.45. The summed E-state index contributed by atoms with van der Waals surface area (Å²) in [6.07, 6.45) is 3.44. The number of para-hydroxylation sites is 1. The van der Waals surface area contributed by atoms with Gasteiger partial charge >= 0.3 is 5.97 Å². The molecule has 0 saturated carbocycles. The Balaban J connectivity index is 2.33. The maximum Gasteiger partial charge on any atom is 0.311 e. The number of unbranched alkanes of at least 4 members (excludes halogenated alkanes) is 2. The lowest BCUT2D eigenvalue weighted by Crippen LogP contribution is -2.09. The summed E-state index contributed by atoms with van der Waals surface area (Å²) in [5.41, 5.74) is 1.65. The molecule has 0 heterocycles. The molecule has 3 nitrogen and oxygen atoms in total. The number of benzene rings is 1. The molecule has 0 aliphatic heterocycles. The molecule has 0 radical (unpaired) electrons. The third kappa shape index (κ3) is 6.18. The van der Waals surface area contributed by atoms with Gasteiger partial charge in [-0.2, -0.15) is 0 Å². The number of aliphatic imine (C=N–C) groups is 1. The molecule has 0 amide bonds. The van der Waals surface area contributed by atoms with Gasteiger partial charge in [-0.25, -0.2) is 0 Å². The van der Waals surface area contributed by atoms with Gasteiger partial charge in [-0.1, -0.05) is 38.0 Å². The summed E-state index contributed by atoms with van der Waals surface area (Å²) >= 11 is 0. The number of carbonyl (C=O) groups excluding carboxylic acids is 1. The second-order valence-corrected chi connectivity index (χ2v) is 4.29. The minimum Gasteiger partial charge on any atom is -0.465 e. The standard InChI is InChI=1S/C15H21NO2/c1-3-4-8-11-18-15(17)12-13(2)16-14-9-6-5-7-10-14/h5-7,9-10H,3-4,8,11-12H2,1-2H3/b16-13-. The van der Waals surface area contributed by atoms with Crippen LogP contribution in [0.1, 0.15) is 39.5 Å². The highest BCUT2D eigenvalue weighted by atomic mass is 16.5. The molecule has 1 aromatic rings. The Labute approximate surface area is 109 Å². The van der Waals surface area contributed by atoms with Crippen molar-refractivity contribution in [3.63, 3.8) is 0 Å². The van der Waals surface area contributed by atoms with Gasteiger partial charge in [0.2, 0.25) is 0 Å². The van der Waals surface area contributed by atoms with Crippen molar-refractivity contribution in [2.75, 3.05) is 6.61 Å². The molecule has 98 valence electrons. The van der Waals surface area contributed by atoms with Crippen LogP contribution in [0.2, 0.25) is 0 Å². The second-order valence-electron chi connectivity index (χ2n) is 4.29. The van der Waals surface area contributed by atoms with Crippen LogP contribution < -0.4 is 0 Å². The molecule has 18 heavy (non-hydrogen) atoms. The maximum atomic E-state index is 11.5. The molecule has 3 heteroatoms. The van der Waals surface area contributed by atoms with Gasteiger partial charge in [0, 0.05) is 5.71 Å². The van der Waals surface area contributed by atoms with E-state index >= 15 is 0 Å². The number of rotatable bonds is 7. The van der Waals surface area contributed by atoms with Crippen molar-refractivity contribution in [1.29, 1.82) is 0 Å². The molecule has 0 spiro atoms. The SMILES string of the molecule is CCCCCOC(=O)C/C(C)=N\c1ccccc1. The van der Waals surface area contributed by atoms with E-state index in [1.54, 1.807) is 0 Å². The van der Waals surface area contributed by atoms with Crippen LogP contribution in [0.25, 0.3) is 0 Å². The number of hydrogen-bond donors (Lipinski definition) is 0. The lowest BCUT2D eigenvalue weighted by atomic mass is 10.2. The minimum absolute atomic E-state index is 0.191. The van der Waals surface area contributed by atoms with Gasteiger partial charge in [-0.15, -0.1) is 0 Å². The van der Waals surface area contributed by atoms with E-state index in [0.29, 0.717) is 6.61 Å². The molecule has 1 rings (SSSR count). The highest BCUT2D eigenvalue weighted by Gasteiger charge is 2.04. The van der Waals surface area contributed by atoms with E-state index in [2.05, 4.69) is 11.9 Å². The Morgan fingerprint density at radius 2 is 1.94 bits per heavy atom. The predicted octanol–water partition coefficient (Wildman–Crippen LogP) is 3.90. The summed E-state index contributed by atoms with van der Waals surface area (Å²) in [5, 5.41) is 0. The van der Waals surface area contributed by atoms with Crippen LogP contribution in [0.4, 0.5) is 5.69 Å². The van der Waals surface area contributed by atoms with Crippen molar-refractivity contribution in [3.05, 3.63) is 30.3 Å². The van der Waals surface area contributed by atoms with Crippen molar-refractivity contribution in [1.82, 2.24) is 0 Å². The summed E-state index contributed by atoms with van der Waals surface area (Å²) in [6, 6.07) is 9.62. The zero-order valence-corrected chi connectivity index (χ0v) is 11.2. The number of esters is 1. The van der Waals surface area contributed by atoms with Crippen LogP contribution in [-0.2, 0) is 9.53 Å². The molecule has 0 unspecified atom stereocenters. The Morgan fingerprint density at radius 1 is 1.22 bits per heavy atom. The monoisotopic (exact) mass is 247 g/mol. The summed E-state index contributed by atoms with van der Waals surface area (Å²) in [7, 11) is 0. The van der Waals surface area contributed by atoms with Crippen LogP contribution in [0, 0.1) is 0 Å². The smallest absolute Gasteiger partial charge is 0.311 e. The van der Waals surface area contributed by atoms with Gasteiger partial charge in [-0.05, 0) is 25.5 Å². The van der Waals surface area contributed by atoms with Gasteiger partial charge in [0.05, 0.1) is 18.7 Å². The quantitative estimate of drug-likeness (QED) is 0.416. The topological polar surface area (TPSA) is 38.7 Å². The molecule has 0 aliphatic rings. The third-order valence-electron chi connectivity index (χ3n) is 2.49. The van der Waals surface area contributed by atoms with Crippen molar-refractivity contribution in [2.45, 2.75) is 39.5 Å². The summed E-state index contributed by atoms with van der Waals surface area (Å²) in [6.45, 7) is 4.49. The van der Waals surface area contributed by atoms with Crippen LogP contribution >= 0.6 is 0 Å². The molecule has 0 fully saturated rings. The average Bonchev–Trinajstić information content (AvgIpc) is 2.35. The molecular weight excluding hydrogens is 226 g/mol. The lowest BCUT2D eigenvalue weighted by molar-refractivity contribution is -0.142. The maximum absolute atomic E-state index is 11.5. The van der Waals surface area contributed by atoms with Crippen molar-refractivity contribution in [3.8, 4) is 0 Å². The van der Waals surface area contributed by atoms with E-state index in [4.69, 9.17) is 4.74 Å². The fourth-order valence-electron chi connectivity index (χ4n) is 1.56. The highest BCUT2D eigenvalue weighted by molar-refractivity contribution is 5.98. The van der Waals surface area contributed by atoms with Crippen molar-refractivity contribution in [2.24, 2.45) is 4.99 Å². The molecule has 0 saturated heterocycles. The fourth-order valence-corrected chi connectivity index (χ4v) is 1.56. The zero-order chi connectivity index (χ0) is 13.2. The molecule has 0 atom stereocenters. The number of hydrogen-bond acceptors (Lipinski definition) is 3. The van der Waals surface area contributed by atoms with E-state index in [0.717, 1.165) is 30.7 Å². The molecule has 0 aliphatic carbocycles. The van der Waals surface area contributed by atoms with Gasteiger partial charge < -0.3 is 4.74 Å². The molecule has 0 bridgehead atoms. The Bertz CT molecular complexity index is 385. The first-order valence-electron chi connectivity index (χ1n) is 6.47. The van der Waals surface area contributed by atoms with Crippen LogP contribution in [-0.4, -0.2) is 18.3 Å². The third-order valence-corrected chi connectivity index (χ3v) is 2.49. The van der Waals surface area contributed by atoms with E-state index in [-0.39, 0.29) is 12.4 Å². The first-order valence-corrected chi connectivity index (χ1v) is 6.47. The molecule has 1 aromatic carbocycles. The normalized spacial score (nSPS) is 11.3. The van der Waals surface area contributed by atoms with E-state index in [9.17, 15) is 4.79 Å². The van der Waals surface area contributed by atoms with Gasteiger partial charge in [0.1, 0.15) is 0 Å². The summed E-state index contributed by atoms with van der Waals surface area (Å²) in [4.78, 5) is 15.9. The predicted molar refractivity (Wildman–Crippen MR) is 74.3 cm³/mol. The van der Waals surface area contributed by atoms with Crippen LogP contribution in [0.15, 0.2) is 35.3 Å². The Kier molecular flexibility index (Phi) is 6.77. The van der Waals surface area contributed by atoms with Gasteiger partial charge in [0.25, 0.3) is 0 Å². The molecule has 0 aromatic heterocycles. The first-order chi connectivity index (χ1) is 8.72. The Morgan fingerprint density at radius 3 is 2.61 bits per heavy atom.